The van der Waals surface area contributed by atoms with E-state index in [1.54, 1.807) is 0 Å². The molecule has 12 heteroatoms. The maximum absolute atomic E-state index is 6.54. The van der Waals surface area contributed by atoms with Gasteiger partial charge in [0.05, 0.1) is 100 Å². The molecule has 12 bridgehead atoms. The summed E-state index contributed by atoms with van der Waals surface area (Å²) in [6.45, 7) is 118. The third kappa shape index (κ3) is 19.9. The van der Waals surface area contributed by atoms with Gasteiger partial charge >= 0.3 is 0 Å². The van der Waals surface area contributed by atoms with E-state index in [0.29, 0.717) is 99.7 Å². The molecule has 7 heterocycles. The molecule has 0 saturated heterocycles. The van der Waals surface area contributed by atoms with Crippen molar-refractivity contribution in [2.75, 3.05) is 0 Å². The predicted molar refractivity (Wildman–Crippen MR) is 605 cm³/mol. The van der Waals surface area contributed by atoms with Gasteiger partial charge in [0, 0.05) is 0 Å². The third-order valence-corrected chi connectivity index (χ3v) is 71.7. The highest BCUT2D eigenvalue weighted by molar-refractivity contribution is 6.93. The summed E-state index contributed by atoms with van der Waals surface area (Å²) in [6.07, 6.45) is 9.28. The standard InChI is InChI=1S/C120H190N6Si6/c1-49-91-92(50-2)110-104(62-68-128(76(19)20,77(21)22)78(23)24)112-95(53-5)96(54-6)114(123-112)106(64-70-130(82(31)32,83(33)34)84(35)36)116-99(57-9)100(58-10)118(125-116)108(66-72-132(88(43)44,89(45)46)90(47)48)120-102(60-12)101(59-11)119(126-120)107(65-71-131(85(37)38,86(39)40)87(41)42)117-98(56-8)97(55-7)115(124-117)105(63-69-129(79(25)26,80(27)28)81(29)30)113-94(52-4)93(51-3)111(122-113)103(109(91)121-110)61-67-127(73(13)14,74(15)16)75(17)18/h73-90,121-124H,49-60H2,1-48H3. The maximum atomic E-state index is 6.54. The van der Waals surface area contributed by atoms with Crippen molar-refractivity contribution in [3.05, 3.63) is 128 Å². The number of aromatic nitrogens is 4. The number of aromatic amines is 4. The van der Waals surface area contributed by atoms with E-state index in [1.165, 1.54) is 66.8 Å². The van der Waals surface area contributed by atoms with Crippen molar-refractivity contribution in [2.45, 2.75) is 509 Å². The summed E-state index contributed by atoms with van der Waals surface area (Å²) in [4.78, 5) is 31.4. The molecule has 3 aliphatic rings. The summed E-state index contributed by atoms with van der Waals surface area (Å²) in [7, 11) is -14.9. The second-order valence-electron chi connectivity index (χ2n) is 45.2. The van der Waals surface area contributed by atoms with E-state index in [0.717, 1.165) is 177 Å². The number of aliphatic imine (C=N–C) groups is 2. The molecule has 7 rings (SSSR count). The molecule has 0 spiro atoms. The van der Waals surface area contributed by atoms with Crippen molar-refractivity contribution in [1.82, 2.24) is 19.9 Å². The molecule has 6 nitrogen and oxygen atoms in total. The van der Waals surface area contributed by atoms with Crippen molar-refractivity contribution >= 4 is 87.7 Å². The molecule has 724 valence electrons. The summed E-state index contributed by atoms with van der Waals surface area (Å²) in [6, 6.07) is 0. The molecule has 3 aliphatic heterocycles. The highest BCUT2D eigenvalue weighted by Gasteiger charge is 2.49. The molecule has 0 unspecified atom stereocenters. The molecule has 0 amide bonds. The van der Waals surface area contributed by atoms with Crippen molar-refractivity contribution in [3.63, 3.8) is 0 Å². The van der Waals surface area contributed by atoms with E-state index in [9.17, 15) is 0 Å². The Balaban J connectivity index is 2.28. The van der Waals surface area contributed by atoms with E-state index >= 15 is 0 Å². The number of allylic oxidation sites excluding steroid dienone is 6. The lowest BCUT2D eigenvalue weighted by Crippen LogP contribution is -2.43. The third-order valence-electron chi connectivity index (χ3n) is 34.0. The average Bonchev–Trinajstić information content (AvgIpc) is 1.58. The summed E-state index contributed by atoms with van der Waals surface area (Å²) in [5, 5.41) is 4.38. The Labute approximate surface area is 817 Å². The second kappa shape index (κ2) is 45.9. The first-order chi connectivity index (χ1) is 61.8. The van der Waals surface area contributed by atoms with Gasteiger partial charge in [-0.25, -0.2) is 9.98 Å². The maximum Gasteiger partial charge on any atom is 0.146 e. The fourth-order valence-electron chi connectivity index (χ4n) is 27.6. The summed E-state index contributed by atoms with van der Waals surface area (Å²) in [5.74, 6) is 26.4. The van der Waals surface area contributed by atoms with Crippen molar-refractivity contribution in [3.8, 4) is 68.8 Å². The van der Waals surface area contributed by atoms with Crippen molar-refractivity contribution in [2.24, 2.45) is 9.98 Å². The largest absolute Gasteiger partial charge is 0.353 e. The smallest absolute Gasteiger partial charge is 0.146 e. The SMILES string of the molecule is CCC1=C(CC)C2=C(C#C[Si](C(C)C)(C(C)C)C(C)C)C3=NC(=C(C#C[Si](C(C)C)(C(C)C)C(C)C)c4[nH]c(c(CC)c4CC)C(C#C[Si](C(C)C)(C(C)C)C(C)C)=c4[nH]c(c(CC)c4CC)=C(C#C[Si](C(C)C)(C(C)C)C(C)C)c4[nH]c(c(CC)c4CC)C(C#C[Si](C(C)C)(C(C)C)C(C)C)=c4[nH]c(c(CC)c4CC)=C(C#C[Si](C(C)C)(C(C)C)C(C)C)C1=N2)C(CC)=C3CC. The van der Waals surface area contributed by atoms with Gasteiger partial charge in [0.15, 0.2) is 0 Å². The lowest BCUT2D eigenvalue weighted by atomic mass is 9.90. The summed E-state index contributed by atoms with van der Waals surface area (Å²) in [5.41, 5.74) is 63.6. The van der Waals surface area contributed by atoms with Crippen LogP contribution in [0.2, 0.25) is 99.7 Å². The number of rotatable bonds is 30. The van der Waals surface area contributed by atoms with Crippen LogP contribution in [-0.2, 0) is 51.4 Å². The Hall–Kier alpha value is -6.44. The van der Waals surface area contributed by atoms with E-state index < -0.39 is 48.4 Å². The zero-order chi connectivity index (χ0) is 99.9. The van der Waals surface area contributed by atoms with Crippen LogP contribution < -0.4 is 21.4 Å². The number of hydrogen-bond acceptors (Lipinski definition) is 2. The van der Waals surface area contributed by atoms with Crippen LogP contribution in [0.3, 0.4) is 0 Å². The van der Waals surface area contributed by atoms with Gasteiger partial charge in [-0.3, -0.25) is 0 Å². The van der Waals surface area contributed by atoms with Crippen LogP contribution in [0.4, 0.5) is 0 Å². The van der Waals surface area contributed by atoms with Crippen LogP contribution in [0.25, 0.3) is 27.9 Å². The van der Waals surface area contributed by atoms with Crippen molar-refractivity contribution in [1.29, 1.82) is 0 Å². The van der Waals surface area contributed by atoms with E-state index in [1.807, 2.05) is 0 Å². The molecule has 4 aromatic heterocycles. The Morgan fingerprint density at radius 1 is 0.182 bits per heavy atom. The fraction of sp³-hybridized carbons (Fsp3) is 0.650. The van der Waals surface area contributed by atoms with Crippen molar-refractivity contribution < 1.29 is 0 Å². The highest BCUT2D eigenvalue weighted by Crippen LogP contribution is 2.50. The molecular formula is C120H190N6Si6. The molecule has 0 aromatic carbocycles. The Bertz CT molecular complexity index is 5610. The van der Waals surface area contributed by atoms with Crippen LogP contribution in [0, 0.1) is 68.8 Å². The van der Waals surface area contributed by atoms with Gasteiger partial charge in [0.1, 0.15) is 48.4 Å². The lowest BCUT2D eigenvalue weighted by molar-refractivity contribution is 0.838. The minimum Gasteiger partial charge on any atom is -0.353 e. The number of H-pyrrole nitrogens is 4. The van der Waals surface area contributed by atoms with Crippen LogP contribution in [0.1, 0.15) is 425 Å². The molecule has 0 saturated carbocycles. The van der Waals surface area contributed by atoms with Crippen LogP contribution in [0.15, 0.2) is 49.2 Å². The first-order valence-electron chi connectivity index (χ1n) is 53.6. The molecule has 0 fully saturated rings. The normalized spacial score (nSPS) is 14.9. The van der Waals surface area contributed by atoms with Gasteiger partial charge in [0.25, 0.3) is 0 Å². The van der Waals surface area contributed by atoms with Gasteiger partial charge in [-0.05, 0) is 244 Å². The predicted octanol–water partition coefficient (Wildman–Crippen LogP) is 31.7. The van der Waals surface area contributed by atoms with Crippen LogP contribution >= 0.6 is 0 Å². The van der Waals surface area contributed by atoms with Gasteiger partial charge in [-0.15, -0.1) is 33.3 Å². The van der Waals surface area contributed by atoms with Crippen LogP contribution in [0.5, 0.6) is 0 Å². The monoisotopic (exact) mass is 1880 g/mol. The van der Waals surface area contributed by atoms with Gasteiger partial charge in [-0.1, -0.05) is 368 Å². The molecule has 4 N–H and O–H groups in total. The minimum atomic E-state index is -2.49. The summed E-state index contributed by atoms with van der Waals surface area (Å²) >= 11 is 0. The fourth-order valence-corrected chi connectivity index (χ4v) is 58.9. The number of fused-ring (bicyclic) bond motifs is 10. The first kappa shape index (κ1) is 113. The Morgan fingerprint density at radius 3 is 0.530 bits per heavy atom. The molecule has 132 heavy (non-hydrogen) atoms. The van der Waals surface area contributed by atoms with Gasteiger partial charge in [0.2, 0.25) is 0 Å². The Morgan fingerprint density at radius 2 is 0.341 bits per heavy atom. The quantitative estimate of drug-likeness (QED) is 0.0296. The number of nitrogens with zero attached hydrogens (tertiary/aromatic N) is 2. The van der Waals surface area contributed by atoms with Gasteiger partial charge in [-0.2, -0.15) is 0 Å². The molecule has 0 atom stereocenters. The van der Waals surface area contributed by atoms with E-state index in [2.05, 4.69) is 421 Å². The molecule has 0 radical (unpaired) electrons. The Kier molecular flexibility index (Phi) is 39.1. The van der Waals surface area contributed by atoms with E-state index in [-0.39, 0.29) is 0 Å². The highest BCUT2D eigenvalue weighted by atomic mass is 28.3. The zero-order valence-electron chi connectivity index (χ0n) is 93.8. The lowest BCUT2D eigenvalue weighted by Gasteiger charge is -2.38. The topological polar surface area (TPSA) is 87.9 Å². The minimum absolute atomic E-state index is 0.381. The molecule has 4 aromatic rings. The van der Waals surface area contributed by atoms with Gasteiger partial charge < -0.3 is 19.9 Å². The number of hydrogen-bond donors (Lipinski definition) is 4. The molecule has 0 aliphatic carbocycles. The summed E-state index contributed by atoms with van der Waals surface area (Å²) < 4.78 is 0. The number of nitrogens with one attached hydrogen (secondary N) is 4. The average molecular weight is 1890 g/mol. The second-order valence-corrected chi connectivity index (χ2v) is 78.7. The van der Waals surface area contributed by atoms with E-state index in [4.69, 9.17) is 9.98 Å². The zero-order valence-corrected chi connectivity index (χ0v) is 99.8. The molecular weight excluding hydrogens is 1690 g/mol. The first-order valence-corrected chi connectivity index (χ1v) is 67.0. The van der Waals surface area contributed by atoms with Crippen LogP contribution in [-0.4, -0.2) is 79.8 Å².